The lowest BCUT2D eigenvalue weighted by Crippen LogP contribution is -2.25. The summed E-state index contributed by atoms with van der Waals surface area (Å²) in [7, 11) is 3.19. The minimum Gasteiger partial charge on any atom is -0.497 e. The van der Waals surface area contributed by atoms with Gasteiger partial charge in [-0.25, -0.2) is 0 Å². The first kappa shape index (κ1) is 21.4. The molecule has 0 atom stereocenters. The van der Waals surface area contributed by atoms with Crippen LogP contribution in [0.4, 0.5) is 5.69 Å². The van der Waals surface area contributed by atoms with E-state index in [1.165, 1.54) is 5.56 Å². The van der Waals surface area contributed by atoms with Crippen molar-refractivity contribution in [2.45, 2.75) is 19.9 Å². The van der Waals surface area contributed by atoms with Crippen LogP contribution in [0.2, 0.25) is 0 Å². The maximum absolute atomic E-state index is 12.6. The predicted octanol–water partition coefficient (Wildman–Crippen LogP) is 4.21. The number of methoxy groups -OCH3 is 2. The summed E-state index contributed by atoms with van der Waals surface area (Å²) in [5, 5.41) is 2.94. The second-order valence-electron chi connectivity index (χ2n) is 7.70. The Hall–Kier alpha value is -3.80. The summed E-state index contributed by atoms with van der Waals surface area (Å²) < 4.78 is 10.6. The normalized spacial score (nSPS) is 12.3. The summed E-state index contributed by atoms with van der Waals surface area (Å²) >= 11 is 0. The lowest BCUT2D eigenvalue weighted by Gasteiger charge is -2.15. The van der Waals surface area contributed by atoms with E-state index < -0.39 is 0 Å². The number of ether oxygens (including phenoxy) is 2. The Morgan fingerprint density at radius 3 is 2.38 bits per heavy atom. The summed E-state index contributed by atoms with van der Waals surface area (Å²) in [5.74, 6) is 1.28. The lowest BCUT2D eigenvalue weighted by molar-refractivity contribution is -0.116. The third-order valence-electron chi connectivity index (χ3n) is 5.77. The van der Waals surface area contributed by atoms with E-state index in [4.69, 9.17) is 9.47 Å². The van der Waals surface area contributed by atoms with Gasteiger partial charge in [0.05, 0.1) is 14.2 Å². The van der Waals surface area contributed by atoms with E-state index in [0.29, 0.717) is 23.6 Å². The molecule has 164 valence electrons. The number of hydrogen-bond acceptors (Lipinski definition) is 4. The zero-order chi connectivity index (χ0) is 22.7. The van der Waals surface area contributed by atoms with E-state index in [-0.39, 0.29) is 11.8 Å². The molecule has 32 heavy (non-hydrogen) atoms. The van der Waals surface area contributed by atoms with Crippen molar-refractivity contribution in [1.82, 2.24) is 5.32 Å². The van der Waals surface area contributed by atoms with Crippen molar-refractivity contribution in [3.63, 3.8) is 0 Å². The minimum absolute atomic E-state index is 0.0686. The van der Waals surface area contributed by atoms with Crippen LogP contribution >= 0.6 is 0 Å². The Morgan fingerprint density at radius 1 is 0.938 bits per heavy atom. The summed E-state index contributed by atoms with van der Waals surface area (Å²) in [6.45, 7) is 2.68. The van der Waals surface area contributed by atoms with Crippen LogP contribution in [0, 0.1) is 0 Å². The number of benzene rings is 3. The Morgan fingerprint density at radius 2 is 1.69 bits per heavy atom. The quantitative estimate of drug-likeness (QED) is 0.636. The fourth-order valence-corrected chi connectivity index (χ4v) is 4.00. The number of fused-ring (bicyclic) bond motifs is 1. The maximum atomic E-state index is 12.6. The molecule has 6 heteroatoms. The van der Waals surface area contributed by atoms with Gasteiger partial charge in [-0.15, -0.1) is 0 Å². The van der Waals surface area contributed by atoms with Crippen molar-refractivity contribution in [2.24, 2.45) is 0 Å². The van der Waals surface area contributed by atoms with E-state index in [1.807, 2.05) is 53.4 Å². The number of rotatable bonds is 6. The SMILES string of the molecule is COc1ccc(CNC(=O)c2ccc(-c3ccc4c(c3)CCN4C(C)=O)cc2)c(OC)c1. The van der Waals surface area contributed by atoms with Crippen LogP contribution in [0.15, 0.2) is 60.7 Å². The number of amides is 2. The van der Waals surface area contributed by atoms with Crippen LogP contribution in [-0.4, -0.2) is 32.6 Å². The summed E-state index contributed by atoms with van der Waals surface area (Å²) in [6.07, 6.45) is 0.859. The summed E-state index contributed by atoms with van der Waals surface area (Å²) in [6, 6.07) is 19.2. The average Bonchev–Trinajstić information content (AvgIpc) is 3.26. The average molecular weight is 431 g/mol. The molecule has 0 spiro atoms. The third-order valence-corrected chi connectivity index (χ3v) is 5.77. The highest BCUT2D eigenvalue weighted by Gasteiger charge is 2.22. The molecule has 3 aromatic carbocycles. The molecular formula is C26H26N2O4. The van der Waals surface area contributed by atoms with Gasteiger partial charge in [0.2, 0.25) is 5.91 Å². The van der Waals surface area contributed by atoms with E-state index >= 15 is 0 Å². The molecule has 0 saturated carbocycles. The van der Waals surface area contributed by atoms with Crippen molar-refractivity contribution in [3.8, 4) is 22.6 Å². The molecule has 0 radical (unpaired) electrons. The number of carbonyl (C=O) groups excluding carboxylic acids is 2. The van der Waals surface area contributed by atoms with Crippen molar-refractivity contribution >= 4 is 17.5 Å². The van der Waals surface area contributed by atoms with Gasteiger partial charge in [0.25, 0.3) is 5.91 Å². The van der Waals surface area contributed by atoms with Crippen LogP contribution in [0.25, 0.3) is 11.1 Å². The van der Waals surface area contributed by atoms with Crippen LogP contribution in [-0.2, 0) is 17.8 Å². The first-order valence-electron chi connectivity index (χ1n) is 10.5. The number of hydrogen-bond donors (Lipinski definition) is 1. The first-order chi connectivity index (χ1) is 15.5. The Kier molecular flexibility index (Phi) is 6.12. The Labute approximate surface area is 187 Å². The molecule has 1 N–H and O–H groups in total. The van der Waals surface area contributed by atoms with Crippen molar-refractivity contribution in [1.29, 1.82) is 0 Å². The van der Waals surface area contributed by atoms with Crippen molar-refractivity contribution < 1.29 is 19.1 Å². The predicted molar refractivity (Wildman–Crippen MR) is 124 cm³/mol. The molecule has 1 aliphatic rings. The van der Waals surface area contributed by atoms with Gasteiger partial charge in [0.1, 0.15) is 11.5 Å². The molecule has 2 amide bonds. The highest BCUT2D eigenvalue weighted by atomic mass is 16.5. The number of nitrogens with one attached hydrogen (secondary N) is 1. The van der Waals surface area contributed by atoms with Crippen LogP contribution < -0.4 is 19.7 Å². The molecule has 1 heterocycles. The fourth-order valence-electron chi connectivity index (χ4n) is 4.00. The third kappa shape index (κ3) is 4.30. The monoisotopic (exact) mass is 430 g/mol. The summed E-state index contributed by atoms with van der Waals surface area (Å²) in [4.78, 5) is 26.2. The Balaban J connectivity index is 1.44. The molecule has 0 fully saturated rings. The zero-order valence-electron chi connectivity index (χ0n) is 18.5. The first-order valence-corrected chi connectivity index (χ1v) is 10.5. The van der Waals surface area contributed by atoms with Crippen molar-refractivity contribution in [2.75, 3.05) is 25.7 Å². The van der Waals surface area contributed by atoms with E-state index in [2.05, 4.69) is 11.4 Å². The number of carbonyl (C=O) groups is 2. The zero-order valence-corrected chi connectivity index (χ0v) is 18.5. The highest BCUT2D eigenvalue weighted by Crippen LogP contribution is 2.32. The van der Waals surface area contributed by atoms with Gasteiger partial charge >= 0.3 is 0 Å². The van der Waals surface area contributed by atoms with E-state index in [0.717, 1.165) is 35.3 Å². The van der Waals surface area contributed by atoms with Gasteiger partial charge in [0, 0.05) is 42.9 Å². The summed E-state index contributed by atoms with van der Waals surface area (Å²) in [5.41, 5.74) is 5.73. The van der Waals surface area contributed by atoms with Gasteiger partial charge in [-0.1, -0.05) is 18.2 Å². The molecule has 4 rings (SSSR count). The van der Waals surface area contributed by atoms with Crippen molar-refractivity contribution in [3.05, 3.63) is 77.4 Å². The van der Waals surface area contributed by atoms with Gasteiger partial charge in [-0.3, -0.25) is 9.59 Å². The van der Waals surface area contributed by atoms with Gasteiger partial charge in [-0.2, -0.15) is 0 Å². The molecular weight excluding hydrogens is 404 g/mol. The molecule has 6 nitrogen and oxygen atoms in total. The lowest BCUT2D eigenvalue weighted by atomic mass is 10.0. The van der Waals surface area contributed by atoms with Gasteiger partial charge < -0.3 is 19.7 Å². The molecule has 0 aliphatic carbocycles. The fraction of sp³-hybridized carbons (Fsp3) is 0.231. The standard InChI is InChI=1S/C26H26N2O4/c1-17(29)28-13-12-21-14-20(9-11-24(21)28)18-4-6-19(7-5-18)26(30)27-16-22-8-10-23(31-2)15-25(22)32-3/h4-11,14-15H,12-13,16H2,1-3H3,(H,27,30). The molecule has 3 aromatic rings. The van der Waals surface area contributed by atoms with Gasteiger partial charge in [-0.05, 0) is 59.5 Å². The second kappa shape index (κ2) is 9.14. The molecule has 0 bridgehead atoms. The smallest absolute Gasteiger partial charge is 0.251 e. The maximum Gasteiger partial charge on any atom is 0.251 e. The second-order valence-corrected chi connectivity index (χ2v) is 7.70. The van der Waals surface area contributed by atoms with Crippen LogP contribution in [0.5, 0.6) is 11.5 Å². The molecule has 0 aromatic heterocycles. The van der Waals surface area contributed by atoms with Crippen LogP contribution in [0.3, 0.4) is 0 Å². The Bertz CT molecular complexity index is 1150. The van der Waals surface area contributed by atoms with E-state index in [1.54, 1.807) is 27.2 Å². The minimum atomic E-state index is -0.152. The van der Waals surface area contributed by atoms with E-state index in [9.17, 15) is 9.59 Å². The van der Waals surface area contributed by atoms with Gasteiger partial charge in [0.15, 0.2) is 0 Å². The number of anilines is 1. The molecule has 1 aliphatic heterocycles. The van der Waals surface area contributed by atoms with Crippen LogP contribution in [0.1, 0.15) is 28.4 Å². The topological polar surface area (TPSA) is 67.9 Å². The largest absolute Gasteiger partial charge is 0.497 e. The molecule has 0 saturated heterocycles. The highest BCUT2D eigenvalue weighted by molar-refractivity contribution is 5.95. The molecule has 0 unspecified atom stereocenters. The number of nitrogens with zero attached hydrogens (tertiary/aromatic N) is 1.